The minimum absolute atomic E-state index is 0.0133. The van der Waals surface area contributed by atoms with Gasteiger partial charge in [-0.3, -0.25) is 9.13 Å². The van der Waals surface area contributed by atoms with E-state index in [4.69, 9.17) is 4.74 Å². The molecule has 2 aromatic carbocycles. The van der Waals surface area contributed by atoms with Crippen LogP contribution in [0.25, 0.3) is 11.1 Å². The van der Waals surface area contributed by atoms with E-state index in [-0.39, 0.29) is 17.2 Å². The lowest BCUT2D eigenvalue weighted by molar-refractivity contribution is 0.234. The van der Waals surface area contributed by atoms with Crippen molar-refractivity contribution in [3.05, 3.63) is 53.6 Å². The first kappa shape index (κ1) is 22.6. The maximum atomic E-state index is 11.8. The molecule has 30 heavy (non-hydrogen) atoms. The smallest absolute Gasteiger partial charge is 0.340 e. The van der Waals surface area contributed by atoms with E-state index < -0.39 is 33.1 Å². The number of phenols is 2. The number of fused-ring (bicyclic) bond motifs is 1. The van der Waals surface area contributed by atoms with Crippen molar-refractivity contribution in [1.82, 2.24) is 0 Å². The van der Waals surface area contributed by atoms with Crippen LogP contribution in [-0.4, -0.2) is 41.3 Å². The van der Waals surface area contributed by atoms with E-state index in [9.17, 15) is 38.9 Å². The van der Waals surface area contributed by atoms with Crippen LogP contribution in [-0.2, 0) is 9.13 Å². The molecule has 0 amide bonds. The van der Waals surface area contributed by atoms with E-state index >= 15 is 0 Å². The fourth-order valence-electron chi connectivity index (χ4n) is 3.62. The van der Waals surface area contributed by atoms with E-state index in [2.05, 4.69) is 0 Å². The number of benzene rings is 2. The summed E-state index contributed by atoms with van der Waals surface area (Å²) < 4.78 is 29.6. The molecule has 0 bridgehead atoms. The molecule has 3 rings (SSSR count). The second kappa shape index (κ2) is 8.19. The molecule has 0 spiro atoms. The average molecular weight is 456 g/mol. The van der Waals surface area contributed by atoms with Gasteiger partial charge in [0.2, 0.25) is 0 Å². The lowest BCUT2D eigenvalue weighted by Gasteiger charge is -2.34. The van der Waals surface area contributed by atoms with Crippen LogP contribution in [0.4, 0.5) is 0 Å². The van der Waals surface area contributed by atoms with Crippen LogP contribution >= 0.6 is 15.2 Å². The summed E-state index contributed by atoms with van der Waals surface area (Å²) in [5.74, 6) is 0.173. The van der Waals surface area contributed by atoms with E-state index in [1.807, 2.05) is 6.92 Å². The van der Waals surface area contributed by atoms with Crippen LogP contribution in [0.15, 0.2) is 42.5 Å². The highest BCUT2D eigenvalue weighted by Gasteiger charge is 2.46. The summed E-state index contributed by atoms with van der Waals surface area (Å²) in [6.07, 6.45) is -1.28. The molecule has 0 saturated heterocycles. The van der Waals surface area contributed by atoms with E-state index in [1.54, 1.807) is 18.2 Å². The zero-order chi connectivity index (χ0) is 22.3. The lowest BCUT2D eigenvalue weighted by atomic mass is 9.86. The Balaban J connectivity index is 2.20. The fourth-order valence-corrected chi connectivity index (χ4v) is 6.12. The molecular weight excluding hydrogens is 434 g/mol. The highest BCUT2D eigenvalue weighted by atomic mass is 31.2. The van der Waals surface area contributed by atoms with Crippen LogP contribution in [0.1, 0.15) is 30.9 Å². The summed E-state index contributed by atoms with van der Waals surface area (Å²) in [5, 5.41) is 17.2. The second-order valence-corrected chi connectivity index (χ2v) is 11.0. The van der Waals surface area contributed by atoms with Crippen molar-refractivity contribution in [3.63, 3.8) is 0 Å². The standard InChI is InChI=1S/C19H22O9P2/c1-2-14-15-8-7-13(21)9-16(15)28-17(10-18(29(22,23)24)30(25,26)27)19(14)11-3-5-12(20)6-4-11/h3-9,17-18,20-21H,2,10H2,1H3,(H2,22,23,24)(H2,25,26,27). The third-order valence-electron chi connectivity index (χ3n) is 4.94. The summed E-state index contributed by atoms with van der Waals surface area (Å²) in [6.45, 7) is 1.86. The van der Waals surface area contributed by atoms with Crippen LogP contribution < -0.4 is 4.74 Å². The molecule has 0 aliphatic carbocycles. The summed E-state index contributed by atoms with van der Waals surface area (Å²) >= 11 is 0. The van der Waals surface area contributed by atoms with Gasteiger partial charge < -0.3 is 34.5 Å². The third kappa shape index (κ3) is 4.62. The average Bonchev–Trinajstić information content (AvgIpc) is 2.63. The van der Waals surface area contributed by atoms with E-state index in [0.29, 0.717) is 23.1 Å². The van der Waals surface area contributed by atoms with Gasteiger partial charge >= 0.3 is 15.2 Å². The molecule has 1 aliphatic heterocycles. The van der Waals surface area contributed by atoms with E-state index in [0.717, 1.165) is 5.57 Å². The summed E-state index contributed by atoms with van der Waals surface area (Å²) in [4.78, 5) is 38.3. The first-order valence-electron chi connectivity index (χ1n) is 9.04. The van der Waals surface area contributed by atoms with Crippen LogP contribution in [0.5, 0.6) is 17.2 Å². The normalized spacial score (nSPS) is 17.1. The number of hydrogen-bond donors (Lipinski definition) is 6. The highest BCUT2D eigenvalue weighted by Crippen LogP contribution is 2.62. The number of ether oxygens (including phenoxy) is 1. The van der Waals surface area contributed by atoms with Gasteiger partial charge in [0.1, 0.15) is 23.4 Å². The molecule has 0 saturated carbocycles. The summed E-state index contributed by atoms with van der Waals surface area (Å²) in [7, 11) is -10.3. The number of allylic oxidation sites excluding steroid dienone is 1. The van der Waals surface area contributed by atoms with Gasteiger partial charge in [-0.05, 0) is 41.8 Å². The zero-order valence-corrected chi connectivity index (χ0v) is 17.7. The molecule has 6 N–H and O–H groups in total. The Hall–Kier alpha value is -2.12. The minimum atomic E-state index is -5.17. The molecule has 1 heterocycles. The third-order valence-corrected chi connectivity index (χ3v) is 8.72. The largest absolute Gasteiger partial charge is 0.508 e. The van der Waals surface area contributed by atoms with Crippen molar-refractivity contribution in [3.8, 4) is 17.2 Å². The van der Waals surface area contributed by atoms with E-state index in [1.165, 1.54) is 24.3 Å². The summed E-state index contributed by atoms with van der Waals surface area (Å²) in [5.41, 5.74) is 2.46. The van der Waals surface area contributed by atoms with Gasteiger partial charge in [-0.2, -0.15) is 0 Å². The predicted octanol–water partition coefficient (Wildman–Crippen LogP) is 3.25. The van der Waals surface area contributed by atoms with Crippen LogP contribution in [0.2, 0.25) is 0 Å². The van der Waals surface area contributed by atoms with Crippen LogP contribution in [0, 0.1) is 0 Å². The van der Waals surface area contributed by atoms with Crippen molar-refractivity contribution in [1.29, 1.82) is 0 Å². The fraction of sp³-hybridized carbons (Fsp3) is 0.263. The number of aromatic hydroxyl groups is 2. The lowest BCUT2D eigenvalue weighted by Crippen LogP contribution is -2.29. The first-order valence-corrected chi connectivity index (χ1v) is 12.4. The molecule has 2 aromatic rings. The molecule has 0 fully saturated rings. The Morgan fingerprint density at radius 2 is 1.50 bits per heavy atom. The van der Waals surface area contributed by atoms with Gasteiger partial charge in [-0.15, -0.1) is 0 Å². The second-order valence-electron chi connectivity index (χ2n) is 6.97. The van der Waals surface area contributed by atoms with Gasteiger partial charge in [-0.25, -0.2) is 0 Å². The summed E-state index contributed by atoms with van der Waals surface area (Å²) in [6, 6.07) is 10.5. The van der Waals surface area contributed by atoms with Crippen molar-refractivity contribution >= 4 is 26.3 Å². The van der Waals surface area contributed by atoms with Crippen molar-refractivity contribution in [2.75, 3.05) is 0 Å². The first-order chi connectivity index (χ1) is 13.9. The van der Waals surface area contributed by atoms with Crippen molar-refractivity contribution in [2.45, 2.75) is 31.3 Å². The number of hydrogen-bond acceptors (Lipinski definition) is 5. The Morgan fingerprint density at radius 3 is 2.03 bits per heavy atom. The van der Waals surface area contributed by atoms with Crippen molar-refractivity contribution < 1.29 is 43.7 Å². The Kier molecular flexibility index (Phi) is 6.16. The quantitative estimate of drug-likeness (QED) is 0.358. The number of phenolic OH excluding ortho intramolecular Hbond substituents is 2. The molecule has 1 atom stereocenters. The molecule has 1 aliphatic rings. The minimum Gasteiger partial charge on any atom is -0.508 e. The number of rotatable bonds is 6. The maximum absolute atomic E-state index is 11.8. The van der Waals surface area contributed by atoms with Gasteiger partial charge in [0, 0.05) is 23.6 Å². The molecule has 9 nitrogen and oxygen atoms in total. The zero-order valence-electron chi connectivity index (χ0n) is 15.9. The molecule has 0 radical (unpaired) electrons. The molecule has 1 unspecified atom stereocenters. The Labute approximate surface area is 172 Å². The van der Waals surface area contributed by atoms with Gasteiger partial charge in [-0.1, -0.05) is 19.1 Å². The monoisotopic (exact) mass is 456 g/mol. The van der Waals surface area contributed by atoms with Gasteiger partial charge in [0.25, 0.3) is 0 Å². The Morgan fingerprint density at radius 1 is 0.933 bits per heavy atom. The Bertz CT molecular complexity index is 1040. The van der Waals surface area contributed by atoms with Gasteiger partial charge in [0.05, 0.1) is 0 Å². The molecule has 162 valence electrons. The van der Waals surface area contributed by atoms with Gasteiger partial charge in [0.15, 0.2) is 5.40 Å². The topological polar surface area (TPSA) is 165 Å². The SMILES string of the molecule is CCC1=C(c2ccc(O)cc2)C(CC(P(=O)(O)O)P(=O)(O)O)Oc2cc(O)ccc21. The van der Waals surface area contributed by atoms with Crippen molar-refractivity contribution in [2.24, 2.45) is 0 Å². The molecular formula is C19H22O9P2. The molecule has 0 aromatic heterocycles. The predicted molar refractivity (Wildman–Crippen MR) is 110 cm³/mol. The van der Waals surface area contributed by atoms with Crippen LogP contribution in [0.3, 0.4) is 0 Å². The highest BCUT2D eigenvalue weighted by molar-refractivity contribution is 7.70. The molecule has 11 heteroatoms. The maximum Gasteiger partial charge on any atom is 0.340 e.